The van der Waals surface area contributed by atoms with E-state index in [0.29, 0.717) is 13.2 Å². The molecule has 1 amide bonds. The Bertz CT molecular complexity index is 254. The van der Waals surface area contributed by atoms with E-state index in [1.165, 1.54) is 0 Å². The highest BCUT2D eigenvalue weighted by atomic mass is 16.5. The fraction of sp³-hybridized carbons (Fsp3) is 0.800. The topological polar surface area (TPSA) is 66.8 Å². The van der Waals surface area contributed by atoms with E-state index in [2.05, 4.69) is 0 Å². The quantitative estimate of drug-likeness (QED) is 0.741. The number of carboxylic acid groups (broad SMARTS) is 1. The molecule has 5 nitrogen and oxygen atoms in total. The van der Waals surface area contributed by atoms with Gasteiger partial charge in [-0.05, 0) is 13.3 Å². The number of aliphatic carboxylic acids is 1. The maximum Gasteiger partial charge on any atom is 0.306 e. The van der Waals surface area contributed by atoms with Crippen molar-refractivity contribution in [3.8, 4) is 0 Å². The van der Waals surface area contributed by atoms with Gasteiger partial charge in [-0.25, -0.2) is 0 Å². The predicted molar refractivity (Wildman–Crippen MR) is 53.5 cm³/mol. The number of morpholine rings is 1. The van der Waals surface area contributed by atoms with Gasteiger partial charge in [-0.2, -0.15) is 0 Å². The number of carbonyl (C=O) groups is 2. The predicted octanol–water partition coefficient (Wildman–Crippen LogP) is 0.487. The van der Waals surface area contributed by atoms with Crippen LogP contribution in [0.5, 0.6) is 0 Å². The molecule has 15 heavy (non-hydrogen) atoms. The lowest BCUT2D eigenvalue weighted by molar-refractivity contribution is -0.161. The Morgan fingerprint density at radius 2 is 2.40 bits per heavy atom. The molecule has 1 fully saturated rings. The molecule has 1 aliphatic heterocycles. The lowest BCUT2D eigenvalue weighted by Crippen LogP contribution is -2.51. The maximum absolute atomic E-state index is 11.8. The Morgan fingerprint density at radius 1 is 1.73 bits per heavy atom. The molecule has 5 heteroatoms. The second kappa shape index (κ2) is 5.11. The first-order chi connectivity index (χ1) is 7.06. The van der Waals surface area contributed by atoms with Crippen molar-refractivity contribution in [2.24, 2.45) is 0 Å². The SMILES string of the molecule is CCC(C)N1CCOC(CC(=O)O)C1=O. The molecule has 1 aliphatic rings. The van der Waals surface area contributed by atoms with Crippen molar-refractivity contribution in [2.45, 2.75) is 38.8 Å². The summed E-state index contributed by atoms with van der Waals surface area (Å²) in [5, 5.41) is 8.61. The Balaban J connectivity index is 2.62. The van der Waals surface area contributed by atoms with Crippen LogP contribution in [0.4, 0.5) is 0 Å². The zero-order chi connectivity index (χ0) is 11.4. The van der Waals surface area contributed by atoms with Gasteiger partial charge in [0.25, 0.3) is 5.91 Å². The smallest absolute Gasteiger partial charge is 0.306 e. The van der Waals surface area contributed by atoms with Gasteiger partial charge in [0.15, 0.2) is 0 Å². The fourth-order valence-corrected chi connectivity index (χ4v) is 1.62. The minimum Gasteiger partial charge on any atom is -0.481 e. The van der Waals surface area contributed by atoms with Gasteiger partial charge in [0.1, 0.15) is 6.10 Å². The van der Waals surface area contributed by atoms with Crippen LogP contribution in [0.15, 0.2) is 0 Å². The van der Waals surface area contributed by atoms with E-state index in [1.807, 2.05) is 13.8 Å². The summed E-state index contributed by atoms with van der Waals surface area (Å²) in [5.74, 6) is -1.20. The van der Waals surface area contributed by atoms with Crippen molar-refractivity contribution >= 4 is 11.9 Å². The van der Waals surface area contributed by atoms with Crippen molar-refractivity contribution in [1.29, 1.82) is 0 Å². The molecule has 0 aliphatic carbocycles. The van der Waals surface area contributed by atoms with Gasteiger partial charge in [-0.1, -0.05) is 6.92 Å². The first-order valence-electron chi connectivity index (χ1n) is 5.20. The molecule has 0 aromatic heterocycles. The molecule has 0 spiro atoms. The Kier molecular flexibility index (Phi) is 4.08. The Hall–Kier alpha value is -1.10. The maximum atomic E-state index is 11.8. The fourth-order valence-electron chi connectivity index (χ4n) is 1.62. The second-order valence-electron chi connectivity index (χ2n) is 3.75. The number of nitrogens with zero attached hydrogens (tertiary/aromatic N) is 1. The van der Waals surface area contributed by atoms with Crippen LogP contribution in [0.3, 0.4) is 0 Å². The summed E-state index contributed by atoms with van der Waals surface area (Å²) < 4.78 is 5.15. The molecular formula is C10H17NO4. The highest BCUT2D eigenvalue weighted by Gasteiger charge is 2.33. The van der Waals surface area contributed by atoms with Gasteiger partial charge in [0.2, 0.25) is 0 Å². The van der Waals surface area contributed by atoms with E-state index in [4.69, 9.17) is 9.84 Å². The van der Waals surface area contributed by atoms with Crippen LogP contribution in [0.25, 0.3) is 0 Å². The molecule has 0 aromatic carbocycles. The molecule has 2 atom stereocenters. The van der Waals surface area contributed by atoms with E-state index in [9.17, 15) is 9.59 Å². The monoisotopic (exact) mass is 215 g/mol. The van der Waals surface area contributed by atoms with Gasteiger partial charge in [0, 0.05) is 12.6 Å². The van der Waals surface area contributed by atoms with Gasteiger partial charge < -0.3 is 14.7 Å². The van der Waals surface area contributed by atoms with Gasteiger partial charge >= 0.3 is 5.97 Å². The average molecular weight is 215 g/mol. The van der Waals surface area contributed by atoms with Crippen LogP contribution in [0, 0.1) is 0 Å². The zero-order valence-corrected chi connectivity index (χ0v) is 9.10. The van der Waals surface area contributed by atoms with Crippen molar-refractivity contribution in [3.05, 3.63) is 0 Å². The average Bonchev–Trinajstić information content (AvgIpc) is 2.19. The van der Waals surface area contributed by atoms with E-state index in [1.54, 1.807) is 4.90 Å². The molecule has 1 N–H and O–H groups in total. The second-order valence-corrected chi connectivity index (χ2v) is 3.75. The van der Waals surface area contributed by atoms with E-state index >= 15 is 0 Å². The molecule has 0 saturated carbocycles. The summed E-state index contributed by atoms with van der Waals surface area (Å²) in [5.41, 5.74) is 0. The summed E-state index contributed by atoms with van der Waals surface area (Å²) in [4.78, 5) is 24.0. The summed E-state index contributed by atoms with van der Waals surface area (Å²) in [6.45, 7) is 4.94. The van der Waals surface area contributed by atoms with Crippen LogP contribution >= 0.6 is 0 Å². The molecule has 2 unspecified atom stereocenters. The third-order valence-electron chi connectivity index (χ3n) is 2.69. The first kappa shape index (κ1) is 12.0. The summed E-state index contributed by atoms with van der Waals surface area (Å²) in [6.07, 6.45) is -0.178. The number of hydrogen-bond acceptors (Lipinski definition) is 3. The Labute approximate surface area is 89.0 Å². The summed E-state index contributed by atoms with van der Waals surface area (Å²) >= 11 is 0. The third kappa shape index (κ3) is 2.92. The third-order valence-corrected chi connectivity index (χ3v) is 2.69. The highest BCUT2D eigenvalue weighted by Crippen LogP contribution is 2.14. The first-order valence-corrected chi connectivity index (χ1v) is 5.20. The van der Waals surface area contributed by atoms with Gasteiger partial charge in [-0.3, -0.25) is 9.59 Å². The van der Waals surface area contributed by atoms with Crippen molar-refractivity contribution in [1.82, 2.24) is 4.90 Å². The summed E-state index contributed by atoms with van der Waals surface area (Å²) in [6, 6.07) is 0.151. The lowest BCUT2D eigenvalue weighted by Gasteiger charge is -2.35. The minimum atomic E-state index is -1.00. The molecular weight excluding hydrogens is 198 g/mol. The van der Waals surface area contributed by atoms with Crippen molar-refractivity contribution < 1.29 is 19.4 Å². The number of hydrogen-bond donors (Lipinski definition) is 1. The molecule has 0 bridgehead atoms. The van der Waals surface area contributed by atoms with E-state index in [0.717, 1.165) is 6.42 Å². The highest BCUT2D eigenvalue weighted by molar-refractivity contribution is 5.86. The van der Waals surface area contributed by atoms with Crippen LogP contribution in [0.1, 0.15) is 26.7 Å². The van der Waals surface area contributed by atoms with Crippen LogP contribution < -0.4 is 0 Å². The van der Waals surface area contributed by atoms with Crippen molar-refractivity contribution in [2.75, 3.05) is 13.2 Å². The Morgan fingerprint density at radius 3 is 2.93 bits per heavy atom. The summed E-state index contributed by atoms with van der Waals surface area (Å²) in [7, 11) is 0. The molecule has 86 valence electrons. The zero-order valence-electron chi connectivity index (χ0n) is 9.10. The molecule has 1 rings (SSSR count). The normalized spacial score (nSPS) is 24.0. The van der Waals surface area contributed by atoms with Crippen LogP contribution in [-0.4, -0.2) is 47.2 Å². The number of amides is 1. The molecule has 0 radical (unpaired) electrons. The number of carboxylic acids is 1. The van der Waals surface area contributed by atoms with E-state index < -0.39 is 12.1 Å². The van der Waals surface area contributed by atoms with Gasteiger partial charge in [-0.15, -0.1) is 0 Å². The van der Waals surface area contributed by atoms with Crippen LogP contribution in [-0.2, 0) is 14.3 Å². The number of ether oxygens (including phenoxy) is 1. The number of rotatable bonds is 4. The van der Waals surface area contributed by atoms with Crippen molar-refractivity contribution in [3.63, 3.8) is 0 Å². The number of carbonyl (C=O) groups excluding carboxylic acids is 1. The van der Waals surface area contributed by atoms with Gasteiger partial charge in [0.05, 0.1) is 13.0 Å². The molecule has 0 aromatic rings. The minimum absolute atomic E-state index is 0.151. The van der Waals surface area contributed by atoms with E-state index in [-0.39, 0.29) is 18.4 Å². The van der Waals surface area contributed by atoms with Crippen LogP contribution in [0.2, 0.25) is 0 Å². The standard InChI is InChI=1S/C10H17NO4/c1-3-7(2)11-4-5-15-8(10(11)14)6-9(12)13/h7-8H,3-6H2,1-2H3,(H,12,13). The largest absolute Gasteiger partial charge is 0.481 e. The molecule has 1 heterocycles. The molecule has 1 saturated heterocycles. The lowest BCUT2D eigenvalue weighted by atomic mass is 10.1.